The van der Waals surface area contributed by atoms with Crippen molar-refractivity contribution in [2.75, 3.05) is 18.8 Å². The van der Waals surface area contributed by atoms with Gasteiger partial charge in [-0.2, -0.15) is 0 Å². The first-order valence-corrected chi connectivity index (χ1v) is 7.32. The Kier molecular flexibility index (Phi) is 4.50. The summed E-state index contributed by atoms with van der Waals surface area (Å²) in [6, 6.07) is 0. The molecular weight excluding hydrogens is 246 g/mol. The van der Waals surface area contributed by atoms with Crippen molar-refractivity contribution in [2.45, 2.75) is 31.4 Å². The number of hydrogen-bond donors (Lipinski definition) is 1. The first-order chi connectivity index (χ1) is 7.88. The zero-order chi connectivity index (χ0) is 13.1. The second kappa shape index (κ2) is 5.48. The Morgan fingerprint density at radius 3 is 2.47 bits per heavy atom. The van der Waals surface area contributed by atoms with Gasteiger partial charge in [-0.25, -0.2) is 8.42 Å². The van der Waals surface area contributed by atoms with Crippen LogP contribution in [-0.2, 0) is 19.4 Å². The molecule has 0 saturated carbocycles. The number of aliphatic carboxylic acids is 1. The average molecular weight is 263 g/mol. The Hall–Kier alpha value is -1.11. The number of carboxylic acid groups (broad SMARTS) is 1. The minimum atomic E-state index is -3.40. The highest BCUT2D eigenvalue weighted by Crippen LogP contribution is 2.21. The lowest BCUT2D eigenvalue weighted by Gasteiger charge is -2.27. The molecule has 1 saturated heterocycles. The summed E-state index contributed by atoms with van der Waals surface area (Å²) in [5.41, 5.74) is 0. The summed E-state index contributed by atoms with van der Waals surface area (Å²) in [6.45, 7) is 1.40. The molecule has 98 valence electrons. The highest BCUT2D eigenvalue weighted by molar-refractivity contribution is 7.92. The second-order valence-electron chi connectivity index (χ2n) is 4.10. The van der Waals surface area contributed by atoms with Crippen LogP contribution in [0.5, 0.6) is 0 Å². The number of rotatable bonds is 4. The molecule has 0 aliphatic carbocycles. The van der Waals surface area contributed by atoms with E-state index in [-0.39, 0.29) is 12.3 Å². The number of carboxylic acids is 1. The number of nitrogens with zero attached hydrogens (tertiary/aromatic N) is 1. The van der Waals surface area contributed by atoms with Crippen molar-refractivity contribution in [1.29, 1.82) is 0 Å². The van der Waals surface area contributed by atoms with E-state index in [0.29, 0.717) is 19.3 Å². The molecular formula is C10H17NO5S. The van der Waals surface area contributed by atoms with E-state index in [1.807, 2.05) is 0 Å². The molecule has 1 N–H and O–H groups in total. The molecule has 1 amide bonds. The van der Waals surface area contributed by atoms with Crippen LogP contribution in [0.25, 0.3) is 0 Å². The summed E-state index contributed by atoms with van der Waals surface area (Å²) in [4.78, 5) is 23.6. The van der Waals surface area contributed by atoms with Crippen LogP contribution >= 0.6 is 0 Å². The minimum absolute atomic E-state index is 0.0219. The predicted molar refractivity (Wildman–Crippen MR) is 61.3 cm³/mol. The van der Waals surface area contributed by atoms with Crippen LogP contribution in [0.4, 0.5) is 0 Å². The van der Waals surface area contributed by atoms with Gasteiger partial charge in [0.15, 0.2) is 9.84 Å². The molecule has 1 aliphatic rings. The van der Waals surface area contributed by atoms with Crippen LogP contribution in [0.2, 0.25) is 0 Å². The number of likely N-dealkylation sites (N-methyl/N-ethyl adjacent to an activating group) is 1. The first-order valence-electron chi connectivity index (χ1n) is 5.60. The molecule has 0 spiro atoms. The van der Waals surface area contributed by atoms with E-state index >= 15 is 0 Å². The Bertz CT molecular complexity index is 403. The van der Waals surface area contributed by atoms with Crippen LogP contribution in [0.15, 0.2) is 0 Å². The summed E-state index contributed by atoms with van der Waals surface area (Å²) < 4.78 is 23.5. The van der Waals surface area contributed by atoms with Crippen molar-refractivity contribution in [3.8, 4) is 0 Å². The van der Waals surface area contributed by atoms with Crippen molar-refractivity contribution in [2.24, 2.45) is 0 Å². The van der Waals surface area contributed by atoms with Crippen molar-refractivity contribution in [3.05, 3.63) is 0 Å². The molecule has 1 atom stereocenters. The van der Waals surface area contributed by atoms with E-state index in [1.54, 1.807) is 6.92 Å². The van der Waals surface area contributed by atoms with E-state index < -0.39 is 33.5 Å². The topological polar surface area (TPSA) is 91.8 Å². The Labute approximate surface area is 101 Å². The molecule has 0 aromatic rings. The van der Waals surface area contributed by atoms with E-state index in [2.05, 4.69) is 0 Å². The molecule has 0 aromatic carbocycles. The van der Waals surface area contributed by atoms with Crippen LogP contribution in [0.3, 0.4) is 0 Å². The lowest BCUT2D eigenvalue weighted by atomic mass is 10.1. The van der Waals surface area contributed by atoms with Crippen LogP contribution in [-0.4, -0.2) is 54.4 Å². The first kappa shape index (κ1) is 14.0. The summed E-state index contributed by atoms with van der Waals surface area (Å²) in [5, 5.41) is 7.60. The van der Waals surface area contributed by atoms with Gasteiger partial charge in [0.25, 0.3) is 0 Å². The SMILES string of the molecule is CCN(CC(=O)O)C(=O)C1CCCCS1(=O)=O. The van der Waals surface area contributed by atoms with Gasteiger partial charge in [-0.3, -0.25) is 9.59 Å². The van der Waals surface area contributed by atoms with Crippen molar-refractivity contribution < 1.29 is 23.1 Å². The Morgan fingerprint density at radius 1 is 1.35 bits per heavy atom. The minimum Gasteiger partial charge on any atom is -0.480 e. The highest BCUT2D eigenvalue weighted by atomic mass is 32.2. The number of carbonyl (C=O) groups is 2. The van der Waals surface area contributed by atoms with Gasteiger partial charge in [-0.05, 0) is 19.8 Å². The Morgan fingerprint density at radius 2 is 2.00 bits per heavy atom. The molecule has 0 aromatic heterocycles. The number of amides is 1. The van der Waals surface area contributed by atoms with Gasteiger partial charge >= 0.3 is 5.97 Å². The summed E-state index contributed by atoms with van der Waals surface area (Å²) >= 11 is 0. The van der Waals surface area contributed by atoms with Crippen LogP contribution in [0, 0.1) is 0 Å². The fraction of sp³-hybridized carbons (Fsp3) is 0.800. The molecule has 1 unspecified atom stereocenters. The van der Waals surface area contributed by atoms with E-state index in [1.165, 1.54) is 0 Å². The quantitative estimate of drug-likeness (QED) is 0.764. The zero-order valence-electron chi connectivity index (χ0n) is 9.76. The molecule has 1 fully saturated rings. The number of sulfone groups is 1. The van der Waals surface area contributed by atoms with Gasteiger partial charge in [0.2, 0.25) is 5.91 Å². The van der Waals surface area contributed by atoms with E-state index in [4.69, 9.17) is 5.11 Å². The highest BCUT2D eigenvalue weighted by Gasteiger charge is 2.37. The predicted octanol–water partition coefficient (Wildman–Crippen LogP) is -0.113. The maximum absolute atomic E-state index is 12.0. The summed E-state index contributed by atoms with van der Waals surface area (Å²) in [5.74, 6) is -1.68. The summed E-state index contributed by atoms with van der Waals surface area (Å²) in [7, 11) is -3.40. The molecule has 17 heavy (non-hydrogen) atoms. The van der Waals surface area contributed by atoms with Gasteiger partial charge in [-0.15, -0.1) is 0 Å². The van der Waals surface area contributed by atoms with Gasteiger partial charge in [0, 0.05) is 6.54 Å². The van der Waals surface area contributed by atoms with Gasteiger partial charge in [0.05, 0.1) is 5.75 Å². The molecule has 6 nitrogen and oxygen atoms in total. The van der Waals surface area contributed by atoms with Crippen LogP contribution < -0.4 is 0 Å². The molecule has 1 aliphatic heterocycles. The molecule has 1 rings (SSSR count). The fourth-order valence-electron chi connectivity index (χ4n) is 1.94. The third kappa shape index (κ3) is 3.42. The largest absolute Gasteiger partial charge is 0.480 e. The smallest absolute Gasteiger partial charge is 0.323 e. The van der Waals surface area contributed by atoms with E-state index in [0.717, 1.165) is 4.90 Å². The molecule has 0 radical (unpaired) electrons. The van der Waals surface area contributed by atoms with Crippen molar-refractivity contribution in [1.82, 2.24) is 4.90 Å². The number of hydrogen-bond acceptors (Lipinski definition) is 4. The standard InChI is InChI=1S/C10H17NO5S/c1-2-11(7-9(12)13)10(14)8-5-3-4-6-17(8,15)16/h8H,2-7H2,1H3,(H,12,13). The van der Waals surface area contributed by atoms with Crippen molar-refractivity contribution in [3.63, 3.8) is 0 Å². The maximum atomic E-state index is 12.0. The van der Waals surface area contributed by atoms with Gasteiger partial charge in [-0.1, -0.05) is 6.42 Å². The molecule has 0 bridgehead atoms. The van der Waals surface area contributed by atoms with Gasteiger partial charge < -0.3 is 10.0 Å². The van der Waals surface area contributed by atoms with Gasteiger partial charge in [0.1, 0.15) is 11.8 Å². The fourth-order valence-corrected chi connectivity index (χ4v) is 3.82. The van der Waals surface area contributed by atoms with Crippen LogP contribution in [0.1, 0.15) is 26.2 Å². The molecule has 1 heterocycles. The third-order valence-electron chi connectivity index (χ3n) is 2.87. The lowest BCUT2D eigenvalue weighted by molar-refractivity contribution is -0.144. The van der Waals surface area contributed by atoms with E-state index in [9.17, 15) is 18.0 Å². The maximum Gasteiger partial charge on any atom is 0.323 e. The zero-order valence-corrected chi connectivity index (χ0v) is 10.6. The molecule has 7 heteroatoms. The Balaban J connectivity index is 2.82. The lowest BCUT2D eigenvalue weighted by Crippen LogP contribution is -2.47. The second-order valence-corrected chi connectivity index (χ2v) is 6.40. The average Bonchev–Trinajstić information content (AvgIpc) is 2.24. The van der Waals surface area contributed by atoms with Crippen molar-refractivity contribution >= 4 is 21.7 Å². The normalized spacial score (nSPS) is 23.0. The monoisotopic (exact) mass is 263 g/mol. The third-order valence-corrected chi connectivity index (χ3v) is 5.04. The number of carbonyl (C=O) groups excluding carboxylic acids is 1. The summed E-state index contributed by atoms with van der Waals surface area (Å²) in [6.07, 6.45) is 1.58.